The van der Waals surface area contributed by atoms with Crippen LogP contribution >= 0.6 is 0 Å². The maximum Gasteiger partial charge on any atom is 0.225 e. The molecule has 0 unspecified atom stereocenters. The first-order valence-corrected chi connectivity index (χ1v) is 12.9. The third-order valence-electron chi connectivity index (χ3n) is 7.58. The zero-order chi connectivity index (χ0) is 20.8. The van der Waals surface area contributed by atoms with E-state index in [1.54, 1.807) is 0 Å². The standard InChI is InChI=1S/C25H43N5/c1-3-20(4-2)18-29-15-11-12-21(19-29)26-25-27-23-14-8-7-13-22(23)24(28-25)30-16-9-5-6-10-17-30/h20-21H,3-19H2,1-2H3,(H,26,27,28)/t21-/m1/s1. The minimum absolute atomic E-state index is 0.478. The van der Waals surface area contributed by atoms with E-state index in [0.717, 1.165) is 44.3 Å². The number of piperidine rings is 1. The van der Waals surface area contributed by atoms with Gasteiger partial charge in [-0.1, -0.05) is 39.5 Å². The van der Waals surface area contributed by atoms with Crippen molar-refractivity contribution in [3.8, 4) is 0 Å². The quantitative estimate of drug-likeness (QED) is 0.678. The van der Waals surface area contributed by atoms with Crippen LogP contribution in [-0.2, 0) is 12.8 Å². The van der Waals surface area contributed by atoms with Crippen molar-refractivity contribution < 1.29 is 0 Å². The van der Waals surface area contributed by atoms with Crippen LogP contribution in [0.3, 0.4) is 0 Å². The van der Waals surface area contributed by atoms with Crippen LogP contribution < -0.4 is 10.2 Å². The van der Waals surface area contributed by atoms with Crippen LogP contribution in [0.1, 0.15) is 89.3 Å². The molecule has 3 aliphatic rings. The molecule has 0 amide bonds. The molecule has 4 rings (SSSR count). The van der Waals surface area contributed by atoms with Crippen molar-refractivity contribution >= 4 is 11.8 Å². The fourth-order valence-corrected chi connectivity index (χ4v) is 5.62. The summed E-state index contributed by atoms with van der Waals surface area (Å²) in [5, 5.41) is 3.77. The molecule has 5 nitrogen and oxygen atoms in total. The van der Waals surface area contributed by atoms with Gasteiger partial charge in [0.1, 0.15) is 5.82 Å². The number of likely N-dealkylation sites (tertiary alicyclic amines) is 1. The number of hydrogen-bond acceptors (Lipinski definition) is 5. The van der Waals surface area contributed by atoms with Crippen LogP contribution in [0, 0.1) is 5.92 Å². The van der Waals surface area contributed by atoms with E-state index in [1.165, 1.54) is 94.4 Å². The molecular formula is C25H43N5. The van der Waals surface area contributed by atoms with Crippen molar-refractivity contribution in [2.24, 2.45) is 5.92 Å². The SMILES string of the molecule is CCC(CC)CN1CCC[C@@H](Nc2nc3c(c(N4CCCCCC4)n2)CCCC3)C1. The van der Waals surface area contributed by atoms with Gasteiger partial charge in [-0.3, -0.25) is 0 Å². The molecule has 1 aromatic rings. The van der Waals surface area contributed by atoms with Gasteiger partial charge in [-0.25, -0.2) is 4.98 Å². The summed E-state index contributed by atoms with van der Waals surface area (Å²) in [4.78, 5) is 15.4. The van der Waals surface area contributed by atoms with Gasteiger partial charge in [-0.05, 0) is 63.8 Å². The summed E-state index contributed by atoms with van der Waals surface area (Å²) in [5.41, 5.74) is 2.77. The Kier molecular flexibility index (Phi) is 7.86. The lowest BCUT2D eigenvalue weighted by Crippen LogP contribution is -2.44. The third-order valence-corrected chi connectivity index (χ3v) is 7.58. The Morgan fingerprint density at radius 1 is 0.900 bits per heavy atom. The van der Waals surface area contributed by atoms with Gasteiger partial charge in [0, 0.05) is 37.8 Å². The van der Waals surface area contributed by atoms with E-state index in [1.807, 2.05) is 0 Å². The van der Waals surface area contributed by atoms with Crippen molar-refractivity contribution in [2.75, 3.05) is 42.9 Å². The molecule has 2 saturated heterocycles. The summed E-state index contributed by atoms with van der Waals surface area (Å²) < 4.78 is 0. The van der Waals surface area contributed by atoms with Crippen LogP contribution in [-0.4, -0.2) is 53.6 Å². The fraction of sp³-hybridized carbons (Fsp3) is 0.840. The van der Waals surface area contributed by atoms with Crippen LogP contribution in [0.15, 0.2) is 0 Å². The van der Waals surface area contributed by atoms with E-state index < -0.39 is 0 Å². The number of aromatic nitrogens is 2. The van der Waals surface area contributed by atoms with Gasteiger partial charge in [-0.15, -0.1) is 0 Å². The van der Waals surface area contributed by atoms with Gasteiger partial charge in [0.15, 0.2) is 0 Å². The predicted octanol–water partition coefficient (Wildman–Crippen LogP) is 5.05. The van der Waals surface area contributed by atoms with Gasteiger partial charge in [-0.2, -0.15) is 4.98 Å². The molecule has 0 saturated carbocycles. The molecule has 0 aromatic carbocycles. The molecule has 5 heteroatoms. The summed E-state index contributed by atoms with van der Waals surface area (Å²) in [6.07, 6.45) is 15.3. The largest absolute Gasteiger partial charge is 0.356 e. The van der Waals surface area contributed by atoms with Crippen LogP contribution in [0.5, 0.6) is 0 Å². The van der Waals surface area contributed by atoms with E-state index in [2.05, 4.69) is 29.0 Å². The van der Waals surface area contributed by atoms with Crippen molar-refractivity contribution in [1.82, 2.24) is 14.9 Å². The molecule has 0 spiro atoms. The van der Waals surface area contributed by atoms with Gasteiger partial charge < -0.3 is 15.1 Å². The maximum atomic E-state index is 5.15. The highest BCUT2D eigenvalue weighted by Gasteiger charge is 2.25. The molecule has 1 aliphatic carbocycles. The van der Waals surface area contributed by atoms with Crippen LogP contribution in [0.2, 0.25) is 0 Å². The Morgan fingerprint density at radius 3 is 2.43 bits per heavy atom. The minimum Gasteiger partial charge on any atom is -0.356 e. The number of fused-ring (bicyclic) bond motifs is 1. The van der Waals surface area contributed by atoms with Crippen molar-refractivity contribution in [2.45, 2.75) is 96.9 Å². The second kappa shape index (κ2) is 10.8. The Balaban J connectivity index is 1.49. The fourth-order valence-electron chi connectivity index (χ4n) is 5.62. The normalized spacial score (nSPS) is 23.3. The summed E-state index contributed by atoms with van der Waals surface area (Å²) in [6.45, 7) is 10.6. The minimum atomic E-state index is 0.478. The highest BCUT2D eigenvalue weighted by molar-refractivity contribution is 5.54. The number of aryl methyl sites for hydroxylation is 1. The molecule has 0 radical (unpaired) electrons. The van der Waals surface area contributed by atoms with Gasteiger partial charge >= 0.3 is 0 Å². The molecule has 2 fully saturated rings. The lowest BCUT2D eigenvalue weighted by Gasteiger charge is -2.35. The average Bonchev–Trinajstić information content (AvgIpc) is 3.07. The lowest BCUT2D eigenvalue weighted by molar-refractivity contribution is 0.181. The van der Waals surface area contributed by atoms with Crippen molar-refractivity contribution in [3.05, 3.63) is 11.3 Å². The number of nitrogens with one attached hydrogen (secondary N) is 1. The average molecular weight is 414 g/mol. The number of nitrogens with zero attached hydrogens (tertiary/aromatic N) is 4. The molecule has 1 aromatic heterocycles. The first kappa shape index (κ1) is 21.9. The Morgan fingerprint density at radius 2 is 1.67 bits per heavy atom. The van der Waals surface area contributed by atoms with E-state index in [4.69, 9.17) is 9.97 Å². The number of rotatable bonds is 7. The lowest BCUT2D eigenvalue weighted by atomic mass is 9.96. The zero-order valence-electron chi connectivity index (χ0n) is 19.5. The highest BCUT2D eigenvalue weighted by Crippen LogP contribution is 2.31. The van der Waals surface area contributed by atoms with E-state index in [-0.39, 0.29) is 0 Å². The molecular weight excluding hydrogens is 370 g/mol. The molecule has 168 valence electrons. The Bertz CT molecular complexity index is 664. The number of hydrogen-bond donors (Lipinski definition) is 1. The van der Waals surface area contributed by atoms with Crippen molar-refractivity contribution in [1.29, 1.82) is 0 Å². The summed E-state index contributed by atoms with van der Waals surface area (Å²) in [7, 11) is 0. The topological polar surface area (TPSA) is 44.3 Å². The second-order valence-electron chi connectivity index (χ2n) is 9.83. The van der Waals surface area contributed by atoms with E-state index in [9.17, 15) is 0 Å². The molecule has 3 heterocycles. The van der Waals surface area contributed by atoms with Gasteiger partial charge in [0.25, 0.3) is 0 Å². The Labute approximate surface area is 184 Å². The van der Waals surface area contributed by atoms with E-state index in [0.29, 0.717) is 6.04 Å². The molecule has 30 heavy (non-hydrogen) atoms. The molecule has 2 aliphatic heterocycles. The van der Waals surface area contributed by atoms with Gasteiger partial charge in [0.2, 0.25) is 5.95 Å². The van der Waals surface area contributed by atoms with E-state index >= 15 is 0 Å². The maximum absolute atomic E-state index is 5.15. The van der Waals surface area contributed by atoms with Crippen LogP contribution in [0.4, 0.5) is 11.8 Å². The number of anilines is 2. The molecule has 1 atom stereocenters. The first-order chi connectivity index (χ1) is 14.8. The third kappa shape index (κ3) is 5.46. The summed E-state index contributed by atoms with van der Waals surface area (Å²) in [5.74, 6) is 2.98. The predicted molar refractivity (Wildman–Crippen MR) is 127 cm³/mol. The molecule has 1 N–H and O–H groups in total. The van der Waals surface area contributed by atoms with Crippen molar-refractivity contribution in [3.63, 3.8) is 0 Å². The molecule has 0 bridgehead atoms. The zero-order valence-corrected chi connectivity index (χ0v) is 19.5. The summed E-state index contributed by atoms with van der Waals surface area (Å²) >= 11 is 0. The second-order valence-corrected chi connectivity index (χ2v) is 9.83. The summed E-state index contributed by atoms with van der Waals surface area (Å²) in [6, 6.07) is 0.478. The highest BCUT2D eigenvalue weighted by atomic mass is 15.3. The smallest absolute Gasteiger partial charge is 0.225 e. The van der Waals surface area contributed by atoms with Gasteiger partial charge in [0.05, 0.1) is 5.69 Å². The van der Waals surface area contributed by atoms with Crippen LogP contribution in [0.25, 0.3) is 0 Å². The first-order valence-electron chi connectivity index (χ1n) is 12.9. The monoisotopic (exact) mass is 413 g/mol. The Hall–Kier alpha value is -1.36.